The Kier molecular flexibility index (Phi) is 31.3. The number of hydrogen-bond donors (Lipinski definition) is 5. The lowest BCUT2D eigenvalue weighted by atomic mass is 10.2. The van der Waals surface area contributed by atoms with Gasteiger partial charge in [0.25, 0.3) is 5.95 Å². The first-order chi connectivity index (χ1) is 55.7. The Morgan fingerprint density at radius 3 is 1.15 bits per heavy atom. The molecule has 5 N–H and O–H groups in total. The van der Waals surface area contributed by atoms with Gasteiger partial charge in [0.15, 0.2) is 23.3 Å². The average molecular weight is 1850 g/mol. The van der Waals surface area contributed by atoms with E-state index >= 15 is 0 Å². The number of esters is 1. The molecule has 0 unspecified atom stereocenters. The second kappa shape index (κ2) is 39.8. The molecule has 0 aliphatic carbocycles. The quantitative estimate of drug-likeness (QED) is 0.0431. The first-order valence-corrected chi connectivity index (χ1v) is 33.3. The van der Waals surface area contributed by atoms with E-state index in [1.165, 1.54) is 48.5 Å². The van der Waals surface area contributed by atoms with E-state index in [1.54, 1.807) is 18.0 Å². The fourth-order valence-electron chi connectivity index (χ4n) is 8.14. The molecule has 27 nitrogen and oxygen atoms in total. The highest BCUT2D eigenvalue weighted by molar-refractivity contribution is 9.10. The van der Waals surface area contributed by atoms with Crippen molar-refractivity contribution in [1.29, 1.82) is 0 Å². The highest BCUT2D eigenvalue weighted by atomic mass is 79.9. The van der Waals surface area contributed by atoms with Crippen molar-refractivity contribution < 1.29 is 120 Å². The maximum atomic E-state index is 13.0. The summed E-state index contributed by atoms with van der Waals surface area (Å²) in [5, 5.41) is 4.19. The summed E-state index contributed by atoms with van der Waals surface area (Å²) >= 11 is 19.8. The monoisotopic (exact) mass is 1850 g/mol. The van der Waals surface area contributed by atoms with Gasteiger partial charge in [-0.25, -0.2) is 44.8 Å². The Hall–Kier alpha value is -12.6. The van der Waals surface area contributed by atoms with Crippen LogP contribution >= 0.6 is 50.7 Å². The molecule has 0 amide bonds. The third kappa shape index (κ3) is 29.5. The van der Waals surface area contributed by atoms with E-state index in [-0.39, 0.29) is 98.2 Å². The Labute approximate surface area is 674 Å². The van der Waals surface area contributed by atoms with Crippen molar-refractivity contribution in [2.24, 2.45) is 0 Å². The summed E-state index contributed by atoms with van der Waals surface area (Å²) in [7, 11) is 1.07. The van der Waals surface area contributed by atoms with E-state index in [0.717, 1.165) is 98.4 Å². The molecule has 12 aromatic rings. The van der Waals surface area contributed by atoms with Gasteiger partial charge in [-0.2, -0.15) is 155 Å². The Morgan fingerprint density at radius 2 is 0.758 bits per heavy atom. The molecule has 0 fully saturated rings. The van der Waals surface area contributed by atoms with Gasteiger partial charge in [-0.15, -0.1) is 0 Å². The number of anilines is 5. The predicted octanol–water partition coefficient (Wildman–Crippen LogP) is 18.4. The normalized spacial score (nSPS) is 11.8. The lowest BCUT2D eigenvalue weighted by Crippen LogP contribution is -2.25. The number of alkyl halides is 24. The van der Waals surface area contributed by atoms with Crippen molar-refractivity contribution in [1.82, 2.24) is 94.7 Å². The molecule has 12 rings (SSSR count). The lowest BCUT2D eigenvalue weighted by Gasteiger charge is -2.12. The Morgan fingerprint density at radius 1 is 0.392 bits per heavy atom. The number of nitrogens with one attached hydrogen (secondary N) is 5. The van der Waals surface area contributed by atoms with Crippen molar-refractivity contribution in [3.8, 4) is 46.1 Å². The number of rotatable bonds is 12. The van der Waals surface area contributed by atoms with Gasteiger partial charge in [0.2, 0.25) is 27.7 Å². The number of ether oxygens (including phenoxy) is 1. The third-order valence-electron chi connectivity index (χ3n) is 13.1. The number of carbonyl (C=O) groups is 1. The Balaban J connectivity index is 0.000000205. The van der Waals surface area contributed by atoms with Crippen molar-refractivity contribution in [2.75, 3.05) is 29.8 Å². The maximum absolute atomic E-state index is 13.0. The van der Waals surface area contributed by atoms with Crippen molar-refractivity contribution in [3.05, 3.63) is 244 Å². The summed E-state index contributed by atoms with van der Waals surface area (Å²) in [4.78, 5) is 102. The lowest BCUT2D eigenvalue weighted by molar-refractivity contribution is -0.142. The summed E-state index contributed by atoms with van der Waals surface area (Å²) in [5.74, 6) is -2.63. The minimum absolute atomic E-state index is 0.0566. The van der Waals surface area contributed by atoms with Crippen LogP contribution in [0.25, 0.3) is 46.1 Å². The van der Waals surface area contributed by atoms with Gasteiger partial charge in [0.05, 0.1) is 19.3 Å². The van der Waals surface area contributed by atoms with E-state index < -0.39 is 117 Å². The molecule has 0 saturated heterocycles. The number of methoxy groups -OCH3 is 1. The molecular weight excluding hydrogens is 1810 g/mol. The second-order valence-electron chi connectivity index (χ2n) is 21.8. The van der Waals surface area contributed by atoms with Gasteiger partial charge in [-0.3, -0.25) is 24.8 Å². The fraction of sp³-hybridized carbons (Fsp3) is 0.169. The molecule has 0 spiro atoms. The first-order valence-electron chi connectivity index (χ1n) is 31.3. The van der Waals surface area contributed by atoms with E-state index in [2.05, 4.69) is 126 Å². The van der Waals surface area contributed by atoms with E-state index in [9.17, 15) is 120 Å². The van der Waals surface area contributed by atoms with Crippen LogP contribution in [0.5, 0.6) is 0 Å². The van der Waals surface area contributed by atoms with Crippen molar-refractivity contribution >= 4 is 85.9 Å². The van der Waals surface area contributed by atoms with E-state index in [1.807, 2.05) is 0 Å². The summed E-state index contributed by atoms with van der Waals surface area (Å²) in [6.45, 7) is 1.85. The zero-order valence-electron chi connectivity index (χ0n) is 58.4. The molecule has 11 aromatic heterocycles. The number of H-pyrrole nitrogens is 2. The molecule has 0 bridgehead atoms. The minimum Gasteiger partial charge on any atom is -0.464 e. The second-order valence-corrected chi connectivity index (χ2v) is 23.7. The number of carbonyl (C=O) groups excluding carboxylic acids is 1. The number of aromatic nitrogens is 19. The summed E-state index contributed by atoms with van der Waals surface area (Å²) in [5.41, 5.74) is -9.32. The topological polar surface area (TPSA) is 356 Å². The van der Waals surface area contributed by atoms with Crippen LogP contribution in [0, 0.1) is 0 Å². The fourth-order valence-corrected chi connectivity index (χ4v) is 9.06. The van der Waals surface area contributed by atoms with Gasteiger partial charge in [0.1, 0.15) is 68.3 Å². The zero-order chi connectivity index (χ0) is 89.1. The smallest absolute Gasteiger partial charge is 0.433 e. The van der Waals surface area contributed by atoms with Crippen LogP contribution in [0.2, 0.25) is 15.9 Å². The highest BCUT2D eigenvalue weighted by Crippen LogP contribution is 2.37. The van der Waals surface area contributed by atoms with Crippen LogP contribution in [-0.4, -0.2) is 114 Å². The van der Waals surface area contributed by atoms with E-state index in [4.69, 9.17) is 39.6 Å². The number of pyridine rings is 7. The number of aromatic amines is 2. The number of hydrogen-bond acceptors (Lipinski definition) is 25. The molecule has 0 atom stereocenters. The van der Waals surface area contributed by atoms with Crippen LogP contribution in [0.15, 0.2) is 166 Å². The maximum Gasteiger partial charge on any atom is 0.433 e. The van der Waals surface area contributed by atoms with Gasteiger partial charge in [0, 0.05) is 28.2 Å². The molecule has 634 valence electrons. The number of halogens is 28. The molecule has 0 saturated carbocycles. The van der Waals surface area contributed by atoms with Crippen LogP contribution in [0.3, 0.4) is 0 Å². The van der Waals surface area contributed by atoms with Gasteiger partial charge < -0.3 is 15.4 Å². The first kappa shape index (κ1) is 94.6. The molecule has 11 heterocycles. The Bertz CT molecular complexity index is 5610. The van der Waals surface area contributed by atoms with Crippen molar-refractivity contribution in [2.45, 2.75) is 56.3 Å². The molecule has 55 heteroatoms. The summed E-state index contributed by atoms with van der Waals surface area (Å²) in [6.07, 6.45) is -34.8. The molecule has 0 aliphatic rings. The molecule has 0 radical (unpaired) electrons. The minimum atomic E-state index is -4.69. The summed E-state index contributed by atoms with van der Waals surface area (Å²) < 4.78 is 306. The van der Waals surface area contributed by atoms with Crippen LogP contribution in [0.1, 0.15) is 62.8 Å². The SMILES string of the molecule is CCONc1nc(Nc2ccnc(C(F)(F)F)c2)nc(-c2cccc(C(F)(F)F)n2)n1.COC(=O)c1cccc(C(F)(F)F)n1.FC(F)(F)c1cc(Nc2nc(Cl)nc(-c3cccc(C(F)(F)F)n3)n2)ccn1.FC(F)(F)c1cccc(-c2nc(Cl)nc(Cl)n2)n1.FC(F)(F)c1cccc(Br)c1.O=c1nc(-c2cccc(C(F)(F)F)n2)[nH]c(=O)[nH]1. The van der Waals surface area contributed by atoms with E-state index in [0.29, 0.717) is 10.5 Å². The summed E-state index contributed by atoms with van der Waals surface area (Å²) in [6, 6.07) is 24.6. The third-order valence-corrected chi connectivity index (χ3v) is 14.1. The van der Waals surface area contributed by atoms with Crippen LogP contribution < -0.4 is 27.5 Å². The number of nitrogens with zero attached hydrogens (tertiary/aromatic N) is 17. The van der Waals surface area contributed by atoms with Crippen LogP contribution in [0.4, 0.5) is 135 Å². The molecule has 0 aliphatic heterocycles. The average Bonchev–Trinajstić information content (AvgIpc) is 0.813. The van der Waals surface area contributed by atoms with Crippen LogP contribution in [-0.2, 0) is 59.0 Å². The highest BCUT2D eigenvalue weighted by Gasteiger charge is 2.39. The molecular formula is C65H38BrCl3F24N22O5. The van der Waals surface area contributed by atoms with Gasteiger partial charge >= 0.3 is 66.8 Å². The zero-order valence-corrected chi connectivity index (χ0v) is 62.2. The van der Waals surface area contributed by atoms with Gasteiger partial charge in [-0.05, 0) is 145 Å². The number of benzene rings is 1. The van der Waals surface area contributed by atoms with Crippen molar-refractivity contribution in [3.63, 3.8) is 0 Å². The standard InChI is InChI=1S/C17H13F6N7O.C15H7ClF6N6.C9H3Cl2F3N4.C9H5F3N4O2.C8H6F3NO2.C7H4BrF3/c1-2-31-30-15-28-13(10-4-3-5-11(26-10)16(18,19)20)27-14(29-15)25-9-6-7-24-12(8-9)17(21,22)23;16-12-26-11(8-2-1-3-9(25-8)14(17,18)19)27-13(28-12)24-7-4-5-23-10(6-7)15(20,21)22;10-7-16-6(17-8(11)18-7)4-2-1-3-5(15-4)9(12,13)14;10-9(11,12)5-3-1-2-4(13-5)6-14-7(17)16-8(18)15-6;1-14-7(13)5-3-2-4-6(12-5)8(9,10)11;8-6-3-1-2-5(4-6)7(9,10)11/h3-8H,2H2,1H3,(H2,24,25,27,28,29,30);1-6H,(H,23,24,26,27,28);1-3H;1-3H,(H2,14,15,16,17,18);2-4H,1H3;1-4H. The predicted molar refractivity (Wildman–Crippen MR) is 373 cm³/mol. The molecule has 120 heavy (non-hydrogen) atoms. The molecule has 1 aromatic carbocycles. The van der Waals surface area contributed by atoms with Gasteiger partial charge in [-0.1, -0.05) is 52.3 Å². The largest absolute Gasteiger partial charge is 0.464 e.